The zero-order valence-electron chi connectivity index (χ0n) is 14.8. The van der Waals surface area contributed by atoms with Gasteiger partial charge in [0.2, 0.25) is 11.8 Å². The summed E-state index contributed by atoms with van der Waals surface area (Å²) in [4.78, 5) is 0. The van der Waals surface area contributed by atoms with Crippen LogP contribution < -0.4 is 5.32 Å². The Bertz CT molecular complexity index is 1030. The van der Waals surface area contributed by atoms with E-state index in [4.69, 9.17) is 4.42 Å². The van der Waals surface area contributed by atoms with Crippen molar-refractivity contribution in [1.29, 1.82) is 0 Å². The Kier molecular flexibility index (Phi) is 3.92. The van der Waals surface area contributed by atoms with Gasteiger partial charge in [0.05, 0.1) is 0 Å². The summed E-state index contributed by atoms with van der Waals surface area (Å²) in [5.74, 6) is 1.29. The minimum atomic E-state index is -0.0372. The quantitative estimate of drug-likeness (QED) is 0.562. The highest BCUT2D eigenvalue weighted by molar-refractivity contribution is 6.09. The normalized spacial score (nSPS) is 12.8. The summed E-state index contributed by atoms with van der Waals surface area (Å²) in [5, 5.41) is 14.2. The van der Waals surface area contributed by atoms with E-state index in [0.29, 0.717) is 11.8 Å². The summed E-state index contributed by atoms with van der Waals surface area (Å²) in [6.07, 6.45) is 0.752. The van der Waals surface area contributed by atoms with Gasteiger partial charge in [0, 0.05) is 40.5 Å². The van der Waals surface area contributed by atoms with Crippen molar-refractivity contribution in [3.05, 3.63) is 54.2 Å². The maximum Gasteiger partial charge on any atom is 0.238 e. The fourth-order valence-corrected chi connectivity index (χ4v) is 3.38. The molecule has 0 bridgehead atoms. The van der Waals surface area contributed by atoms with E-state index in [1.807, 2.05) is 13.8 Å². The zero-order chi connectivity index (χ0) is 17.4. The Morgan fingerprint density at radius 3 is 2.60 bits per heavy atom. The van der Waals surface area contributed by atoms with Crippen molar-refractivity contribution in [3.63, 3.8) is 0 Å². The number of aryl methyl sites for hydroxylation is 2. The van der Waals surface area contributed by atoms with Crippen molar-refractivity contribution >= 4 is 27.5 Å². The van der Waals surface area contributed by atoms with Gasteiger partial charge >= 0.3 is 0 Å². The molecule has 0 saturated heterocycles. The monoisotopic (exact) mass is 334 g/mol. The van der Waals surface area contributed by atoms with Crippen LogP contribution in [0.3, 0.4) is 0 Å². The topological polar surface area (TPSA) is 55.9 Å². The highest BCUT2D eigenvalue weighted by atomic mass is 16.4. The summed E-state index contributed by atoms with van der Waals surface area (Å²) in [6.45, 7) is 7.18. The Balaban J connectivity index is 1.72. The molecule has 1 atom stereocenters. The van der Waals surface area contributed by atoms with Gasteiger partial charge in [-0.1, -0.05) is 25.1 Å². The van der Waals surface area contributed by atoms with Crippen molar-refractivity contribution in [2.24, 2.45) is 0 Å². The predicted octanol–water partition coefficient (Wildman–Crippen LogP) is 4.93. The van der Waals surface area contributed by atoms with Crippen molar-refractivity contribution in [1.82, 2.24) is 14.8 Å². The summed E-state index contributed by atoms with van der Waals surface area (Å²) in [6, 6.07) is 15.0. The number of hydrogen-bond acceptors (Lipinski definition) is 4. The first-order chi connectivity index (χ1) is 12.2. The summed E-state index contributed by atoms with van der Waals surface area (Å²) < 4.78 is 8.01. The molecule has 0 saturated carbocycles. The lowest BCUT2D eigenvalue weighted by Gasteiger charge is -2.12. The average Bonchev–Trinajstić information content (AvgIpc) is 3.24. The highest BCUT2D eigenvalue weighted by Crippen LogP contribution is 2.31. The lowest BCUT2D eigenvalue weighted by Crippen LogP contribution is -2.07. The van der Waals surface area contributed by atoms with Gasteiger partial charge in [0.25, 0.3) is 0 Å². The highest BCUT2D eigenvalue weighted by Gasteiger charge is 2.15. The van der Waals surface area contributed by atoms with Crippen LogP contribution in [0.15, 0.2) is 46.9 Å². The van der Waals surface area contributed by atoms with Crippen LogP contribution >= 0.6 is 0 Å². The van der Waals surface area contributed by atoms with Gasteiger partial charge in [-0.2, -0.15) is 0 Å². The van der Waals surface area contributed by atoms with Crippen LogP contribution in [-0.4, -0.2) is 14.8 Å². The third-order valence-electron chi connectivity index (χ3n) is 4.63. The average molecular weight is 334 g/mol. The van der Waals surface area contributed by atoms with Crippen LogP contribution in [0.5, 0.6) is 0 Å². The SMILES string of the molecule is CCc1nnc([C@@H](C)Nc2ccc3c(c2)c2ccccc2n3CC)o1. The number of nitrogens with zero attached hydrogens (tertiary/aromatic N) is 3. The minimum absolute atomic E-state index is 0.0372. The lowest BCUT2D eigenvalue weighted by atomic mass is 10.1. The second-order valence-corrected chi connectivity index (χ2v) is 6.25. The first kappa shape index (κ1) is 15.7. The van der Waals surface area contributed by atoms with E-state index < -0.39 is 0 Å². The van der Waals surface area contributed by atoms with E-state index in [2.05, 4.69) is 69.5 Å². The molecule has 0 amide bonds. The fourth-order valence-electron chi connectivity index (χ4n) is 3.38. The molecule has 0 spiro atoms. The maximum atomic E-state index is 5.66. The van der Waals surface area contributed by atoms with E-state index in [-0.39, 0.29) is 6.04 Å². The van der Waals surface area contributed by atoms with E-state index in [1.165, 1.54) is 21.8 Å². The molecule has 2 heterocycles. The fraction of sp³-hybridized carbons (Fsp3) is 0.300. The number of benzene rings is 2. The number of para-hydroxylation sites is 1. The third-order valence-corrected chi connectivity index (χ3v) is 4.63. The van der Waals surface area contributed by atoms with Gasteiger partial charge in [-0.25, -0.2) is 0 Å². The van der Waals surface area contributed by atoms with Crippen LogP contribution in [-0.2, 0) is 13.0 Å². The van der Waals surface area contributed by atoms with Gasteiger partial charge < -0.3 is 14.3 Å². The minimum Gasteiger partial charge on any atom is -0.423 e. The smallest absolute Gasteiger partial charge is 0.238 e. The molecule has 0 aliphatic heterocycles. The molecule has 5 heteroatoms. The molecule has 4 aromatic rings. The molecule has 0 radical (unpaired) electrons. The van der Waals surface area contributed by atoms with Crippen molar-refractivity contribution in [2.45, 2.75) is 39.8 Å². The maximum absolute atomic E-state index is 5.66. The number of hydrogen-bond donors (Lipinski definition) is 1. The van der Waals surface area contributed by atoms with Gasteiger partial charge in [-0.15, -0.1) is 10.2 Å². The molecule has 4 rings (SSSR count). The van der Waals surface area contributed by atoms with Crippen LogP contribution in [0.2, 0.25) is 0 Å². The van der Waals surface area contributed by atoms with E-state index >= 15 is 0 Å². The molecule has 0 unspecified atom stereocenters. The molecule has 128 valence electrons. The summed E-state index contributed by atoms with van der Waals surface area (Å²) in [5.41, 5.74) is 3.58. The Hall–Kier alpha value is -2.82. The molecule has 2 aromatic heterocycles. The zero-order valence-corrected chi connectivity index (χ0v) is 14.8. The third kappa shape index (κ3) is 2.65. The van der Waals surface area contributed by atoms with Gasteiger partial charge in [0.15, 0.2) is 0 Å². The van der Waals surface area contributed by atoms with E-state index in [1.54, 1.807) is 0 Å². The van der Waals surface area contributed by atoms with Crippen molar-refractivity contribution in [2.75, 3.05) is 5.32 Å². The molecule has 1 N–H and O–H groups in total. The summed E-state index contributed by atoms with van der Waals surface area (Å²) in [7, 11) is 0. The Morgan fingerprint density at radius 2 is 1.84 bits per heavy atom. The Labute approximate surface area is 146 Å². The number of rotatable bonds is 5. The van der Waals surface area contributed by atoms with E-state index in [9.17, 15) is 0 Å². The molecular formula is C20H22N4O. The molecule has 0 fully saturated rings. The summed E-state index contributed by atoms with van der Waals surface area (Å²) >= 11 is 0. The molecule has 25 heavy (non-hydrogen) atoms. The molecule has 0 aliphatic rings. The first-order valence-electron chi connectivity index (χ1n) is 8.81. The second kappa shape index (κ2) is 6.24. The lowest BCUT2D eigenvalue weighted by molar-refractivity contribution is 0.439. The van der Waals surface area contributed by atoms with Crippen molar-refractivity contribution in [3.8, 4) is 0 Å². The van der Waals surface area contributed by atoms with Crippen LogP contribution in [0.25, 0.3) is 21.8 Å². The second-order valence-electron chi connectivity index (χ2n) is 6.25. The van der Waals surface area contributed by atoms with Crippen molar-refractivity contribution < 1.29 is 4.42 Å². The molecular weight excluding hydrogens is 312 g/mol. The first-order valence-corrected chi connectivity index (χ1v) is 8.81. The van der Waals surface area contributed by atoms with Gasteiger partial charge in [0.1, 0.15) is 6.04 Å². The molecule has 0 aliphatic carbocycles. The number of fused-ring (bicyclic) bond motifs is 3. The largest absolute Gasteiger partial charge is 0.423 e. The van der Waals surface area contributed by atoms with E-state index in [0.717, 1.165) is 18.7 Å². The van der Waals surface area contributed by atoms with Crippen LogP contribution in [0, 0.1) is 0 Å². The molecule has 5 nitrogen and oxygen atoms in total. The molecule has 2 aromatic carbocycles. The Morgan fingerprint density at radius 1 is 1.04 bits per heavy atom. The standard InChI is InChI=1S/C20H22N4O/c1-4-19-22-23-20(25-19)13(3)21-14-10-11-18-16(12-14)15-8-6-7-9-17(15)24(18)5-2/h6-13,21H,4-5H2,1-3H3/t13-/m1/s1. The number of aromatic nitrogens is 3. The van der Waals surface area contributed by atoms with Gasteiger partial charge in [-0.3, -0.25) is 0 Å². The number of nitrogens with one attached hydrogen (secondary N) is 1. The van der Waals surface area contributed by atoms with Gasteiger partial charge in [-0.05, 0) is 38.1 Å². The predicted molar refractivity (Wildman–Crippen MR) is 101 cm³/mol. The van der Waals surface area contributed by atoms with Crippen LogP contribution in [0.1, 0.15) is 38.6 Å². The van der Waals surface area contributed by atoms with Crippen LogP contribution in [0.4, 0.5) is 5.69 Å². The number of anilines is 1.